The summed E-state index contributed by atoms with van der Waals surface area (Å²) >= 11 is 0. The van der Waals surface area contributed by atoms with Crippen LogP contribution in [-0.2, 0) is 14.3 Å². The Labute approximate surface area is 129 Å². The lowest BCUT2D eigenvalue weighted by Gasteiger charge is -2.34. The molecule has 2 heterocycles. The number of carboxylic acids is 1. The molecule has 1 aromatic rings. The van der Waals surface area contributed by atoms with E-state index < -0.39 is 11.9 Å². The number of carbonyl (C=O) groups is 2. The zero-order chi connectivity index (χ0) is 15.5. The molecular weight excluding hydrogens is 282 g/mol. The van der Waals surface area contributed by atoms with Crippen molar-refractivity contribution >= 4 is 17.6 Å². The number of hydrogen-bond donors (Lipinski definition) is 1. The van der Waals surface area contributed by atoms with Crippen molar-refractivity contribution in [3.63, 3.8) is 0 Å². The monoisotopic (exact) mass is 303 g/mol. The normalized spacial score (nSPS) is 24.6. The molecule has 5 nitrogen and oxygen atoms in total. The van der Waals surface area contributed by atoms with Gasteiger partial charge in [0.1, 0.15) is 0 Å². The molecule has 2 aliphatic heterocycles. The van der Waals surface area contributed by atoms with Gasteiger partial charge in [-0.1, -0.05) is 18.2 Å². The van der Waals surface area contributed by atoms with E-state index in [4.69, 9.17) is 4.74 Å². The summed E-state index contributed by atoms with van der Waals surface area (Å²) in [5.41, 5.74) is 1.47. The van der Waals surface area contributed by atoms with E-state index in [9.17, 15) is 14.7 Å². The fourth-order valence-electron chi connectivity index (χ4n) is 3.35. The Morgan fingerprint density at radius 2 is 2.05 bits per heavy atom. The second-order valence-corrected chi connectivity index (χ2v) is 5.98. The van der Waals surface area contributed by atoms with Crippen LogP contribution in [0.1, 0.15) is 43.6 Å². The first kappa shape index (κ1) is 15.0. The zero-order valence-electron chi connectivity index (χ0n) is 12.5. The molecule has 3 rings (SSSR count). The third kappa shape index (κ3) is 2.99. The van der Waals surface area contributed by atoms with Crippen LogP contribution >= 0.6 is 0 Å². The van der Waals surface area contributed by atoms with Gasteiger partial charge in [-0.05, 0) is 37.3 Å². The minimum absolute atomic E-state index is 0.00519. The number of carboxylic acid groups (broad SMARTS) is 1. The molecule has 2 aliphatic rings. The van der Waals surface area contributed by atoms with Gasteiger partial charge in [-0.2, -0.15) is 0 Å². The topological polar surface area (TPSA) is 66.8 Å². The molecular formula is C17H21NO4. The summed E-state index contributed by atoms with van der Waals surface area (Å²) in [6.07, 6.45) is 3.95. The van der Waals surface area contributed by atoms with Crippen LogP contribution in [0.4, 0.5) is 5.69 Å². The van der Waals surface area contributed by atoms with Crippen LogP contribution in [0.25, 0.3) is 0 Å². The van der Waals surface area contributed by atoms with Crippen LogP contribution in [0.15, 0.2) is 24.3 Å². The van der Waals surface area contributed by atoms with Crippen molar-refractivity contribution in [2.24, 2.45) is 0 Å². The molecule has 1 amide bonds. The maximum absolute atomic E-state index is 12.6. The highest BCUT2D eigenvalue weighted by atomic mass is 16.5. The largest absolute Gasteiger partial charge is 0.481 e. The van der Waals surface area contributed by atoms with Crippen LogP contribution < -0.4 is 4.90 Å². The number of benzene rings is 1. The number of carbonyl (C=O) groups excluding carboxylic acids is 1. The van der Waals surface area contributed by atoms with Crippen molar-refractivity contribution in [3.05, 3.63) is 29.8 Å². The van der Waals surface area contributed by atoms with Crippen molar-refractivity contribution in [3.8, 4) is 0 Å². The summed E-state index contributed by atoms with van der Waals surface area (Å²) in [7, 11) is 0. The Hall–Kier alpha value is -1.88. The molecule has 0 saturated carbocycles. The van der Waals surface area contributed by atoms with Gasteiger partial charge in [-0.15, -0.1) is 0 Å². The summed E-state index contributed by atoms with van der Waals surface area (Å²) in [4.78, 5) is 25.7. The Morgan fingerprint density at radius 1 is 1.23 bits per heavy atom. The second-order valence-electron chi connectivity index (χ2n) is 5.98. The van der Waals surface area contributed by atoms with Gasteiger partial charge in [0.2, 0.25) is 5.91 Å². The molecule has 0 radical (unpaired) electrons. The predicted octanol–water partition coefficient (Wildman–Crippen LogP) is 2.55. The van der Waals surface area contributed by atoms with Gasteiger partial charge in [0.25, 0.3) is 0 Å². The third-order valence-electron chi connectivity index (χ3n) is 4.52. The fraction of sp³-hybridized carbons (Fsp3) is 0.529. The van der Waals surface area contributed by atoms with Crippen LogP contribution in [0.5, 0.6) is 0 Å². The number of anilines is 1. The van der Waals surface area contributed by atoms with E-state index in [1.54, 1.807) is 4.90 Å². The molecule has 1 aromatic carbocycles. The lowest BCUT2D eigenvalue weighted by atomic mass is 9.89. The van der Waals surface area contributed by atoms with Crippen LogP contribution in [0.3, 0.4) is 0 Å². The number of rotatable bonds is 3. The van der Waals surface area contributed by atoms with Crippen LogP contribution in [0, 0.1) is 0 Å². The van der Waals surface area contributed by atoms with Gasteiger partial charge in [0.05, 0.1) is 18.4 Å². The van der Waals surface area contributed by atoms with Crippen molar-refractivity contribution in [2.45, 2.75) is 44.1 Å². The molecule has 118 valence electrons. The number of aliphatic carboxylic acids is 1. The van der Waals surface area contributed by atoms with Crippen molar-refractivity contribution in [2.75, 3.05) is 18.1 Å². The van der Waals surface area contributed by atoms with Crippen molar-refractivity contribution in [1.82, 2.24) is 0 Å². The maximum Gasteiger partial charge on any atom is 0.311 e. The first-order valence-electron chi connectivity index (χ1n) is 7.90. The van der Waals surface area contributed by atoms with Crippen molar-refractivity contribution < 1.29 is 19.4 Å². The smallest absolute Gasteiger partial charge is 0.311 e. The summed E-state index contributed by atoms with van der Waals surface area (Å²) in [6.45, 7) is 1.19. The van der Waals surface area contributed by atoms with E-state index in [0.717, 1.165) is 37.1 Å². The van der Waals surface area contributed by atoms with Crippen molar-refractivity contribution in [1.29, 1.82) is 0 Å². The van der Waals surface area contributed by atoms with E-state index in [0.29, 0.717) is 19.4 Å². The quantitative estimate of drug-likeness (QED) is 0.932. The maximum atomic E-state index is 12.6. The standard InChI is InChI=1S/C17H21NO4/c19-16(11-12-5-3-4-10-22-12)18-9-8-14(17(20)21)13-6-1-2-7-15(13)18/h1-2,6-7,12,14H,3-5,8-11H2,(H,20,21). The number of amides is 1. The Morgan fingerprint density at radius 3 is 2.77 bits per heavy atom. The van der Waals surface area contributed by atoms with Crippen LogP contribution in [0.2, 0.25) is 0 Å². The Kier molecular flexibility index (Phi) is 4.43. The molecule has 0 bridgehead atoms. The molecule has 2 atom stereocenters. The van der Waals surface area contributed by atoms with Gasteiger partial charge >= 0.3 is 5.97 Å². The minimum atomic E-state index is -0.824. The first-order chi connectivity index (χ1) is 10.7. The first-order valence-corrected chi connectivity index (χ1v) is 7.90. The van der Waals surface area contributed by atoms with E-state index in [-0.39, 0.29) is 12.0 Å². The highest BCUT2D eigenvalue weighted by Crippen LogP contribution is 2.36. The highest BCUT2D eigenvalue weighted by molar-refractivity contribution is 5.96. The minimum Gasteiger partial charge on any atom is -0.481 e. The van der Waals surface area contributed by atoms with E-state index in [2.05, 4.69) is 0 Å². The molecule has 5 heteroatoms. The molecule has 0 aromatic heterocycles. The number of fused-ring (bicyclic) bond motifs is 1. The number of ether oxygens (including phenoxy) is 1. The number of hydrogen-bond acceptors (Lipinski definition) is 3. The van der Waals surface area contributed by atoms with Gasteiger partial charge in [0, 0.05) is 18.8 Å². The van der Waals surface area contributed by atoms with E-state index in [1.807, 2.05) is 24.3 Å². The average molecular weight is 303 g/mol. The second kappa shape index (κ2) is 6.48. The van der Waals surface area contributed by atoms with E-state index in [1.165, 1.54) is 0 Å². The SMILES string of the molecule is O=C(O)C1CCN(C(=O)CC2CCCCO2)c2ccccc21. The van der Waals surface area contributed by atoms with Gasteiger partial charge in [0.15, 0.2) is 0 Å². The Balaban J connectivity index is 1.78. The third-order valence-corrected chi connectivity index (χ3v) is 4.52. The predicted molar refractivity (Wildman–Crippen MR) is 82.0 cm³/mol. The lowest BCUT2D eigenvalue weighted by Crippen LogP contribution is -2.40. The lowest BCUT2D eigenvalue weighted by molar-refractivity contribution is -0.139. The Bertz CT molecular complexity index is 566. The van der Waals surface area contributed by atoms with E-state index >= 15 is 0 Å². The molecule has 22 heavy (non-hydrogen) atoms. The molecule has 0 spiro atoms. The van der Waals surface area contributed by atoms with Gasteiger partial charge in [-0.25, -0.2) is 0 Å². The molecule has 1 saturated heterocycles. The summed E-state index contributed by atoms with van der Waals surface area (Å²) < 4.78 is 5.65. The average Bonchev–Trinajstić information content (AvgIpc) is 2.54. The van der Waals surface area contributed by atoms with Gasteiger partial charge < -0.3 is 14.7 Å². The molecule has 1 fully saturated rings. The molecule has 0 aliphatic carbocycles. The number of para-hydroxylation sites is 1. The summed E-state index contributed by atoms with van der Waals surface area (Å²) in [5, 5.41) is 9.35. The van der Waals surface area contributed by atoms with Crippen LogP contribution in [-0.4, -0.2) is 36.2 Å². The zero-order valence-corrected chi connectivity index (χ0v) is 12.5. The van der Waals surface area contributed by atoms with Gasteiger partial charge in [-0.3, -0.25) is 9.59 Å². The highest BCUT2D eigenvalue weighted by Gasteiger charge is 2.33. The molecule has 2 unspecified atom stereocenters. The summed E-state index contributed by atoms with van der Waals surface area (Å²) in [5.74, 6) is -1.32. The molecule has 1 N–H and O–H groups in total. The number of nitrogens with zero attached hydrogens (tertiary/aromatic N) is 1. The summed E-state index contributed by atoms with van der Waals surface area (Å²) in [6, 6.07) is 7.32. The fourth-order valence-corrected chi connectivity index (χ4v) is 3.35.